The summed E-state index contributed by atoms with van der Waals surface area (Å²) < 4.78 is 0. The van der Waals surface area contributed by atoms with Crippen LogP contribution in [0.4, 0.5) is 0 Å². The van der Waals surface area contributed by atoms with E-state index in [2.05, 4.69) is 32.9 Å². The van der Waals surface area contributed by atoms with Gasteiger partial charge in [-0.05, 0) is 30.3 Å². The Morgan fingerprint density at radius 2 is 2.27 bits per heavy atom. The Morgan fingerprint density at radius 1 is 1.53 bits per heavy atom. The summed E-state index contributed by atoms with van der Waals surface area (Å²) in [6.07, 6.45) is 11.9. The van der Waals surface area contributed by atoms with E-state index in [4.69, 9.17) is 0 Å². The maximum atomic E-state index is 9.92. The van der Waals surface area contributed by atoms with E-state index >= 15 is 0 Å². The molecular formula is C14H22O. The van der Waals surface area contributed by atoms with Crippen molar-refractivity contribution in [1.82, 2.24) is 0 Å². The minimum Gasteiger partial charge on any atom is -0.385 e. The molecule has 0 fully saturated rings. The Labute approximate surface area is 93.2 Å². The van der Waals surface area contributed by atoms with E-state index in [-0.39, 0.29) is 0 Å². The van der Waals surface area contributed by atoms with Crippen molar-refractivity contribution in [3.63, 3.8) is 0 Å². The lowest BCUT2D eigenvalue weighted by Gasteiger charge is -2.17. The molecule has 0 bridgehead atoms. The molecule has 0 aromatic carbocycles. The van der Waals surface area contributed by atoms with Crippen LogP contribution in [0.3, 0.4) is 0 Å². The Hall–Kier alpha value is -0.820. The van der Waals surface area contributed by atoms with Gasteiger partial charge in [0.05, 0.1) is 6.10 Å². The van der Waals surface area contributed by atoms with Gasteiger partial charge in [0.25, 0.3) is 0 Å². The van der Waals surface area contributed by atoms with E-state index in [1.165, 1.54) is 0 Å². The molecule has 1 heteroatoms. The Kier molecular flexibility index (Phi) is 4.83. The molecule has 0 aliphatic heterocycles. The summed E-state index contributed by atoms with van der Waals surface area (Å²) in [7, 11) is 0. The Bertz CT molecular complexity index is 271. The summed E-state index contributed by atoms with van der Waals surface area (Å²) in [6, 6.07) is 0. The minimum atomic E-state index is -0.392. The summed E-state index contributed by atoms with van der Waals surface area (Å²) >= 11 is 0. The lowest BCUT2D eigenvalue weighted by molar-refractivity contribution is 0.251. The van der Waals surface area contributed by atoms with Crippen molar-refractivity contribution in [3.05, 3.63) is 36.0 Å². The van der Waals surface area contributed by atoms with Gasteiger partial charge in [0, 0.05) is 0 Å². The maximum absolute atomic E-state index is 9.92. The van der Waals surface area contributed by atoms with Crippen molar-refractivity contribution in [2.24, 2.45) is 11.8 Å². The van der Waals surface area contributed by atoms with Crippen LogP contribution in [0.2, 0.25) is 0 Å². The number of rotatable bonds is 4. The topological polar surface area (TPSA) is 20.2 Å². The highest BCUT2D eigenvalue weighted by Crippen LogP contribution is 2.21. The van der Waals surface area contributed by atoms with Gasteiger partial charge in [-0.2, -0.15) is 0 Å². The number of hydrogen-bond acceptors (Lipinski definition) is 1. The van der Waals surface area contributed by atoms with Gasteiger partial charge in [0.2, 0.25) is 0 Å². The summed E-state index contributed by atoms with van der Waals surface area (Å²) in [5, 5.41) is 9.92. The third-order valence-corrected chi connectivity index (χ3v) is 2.61. The van der Waals surface area contributed by atoms with Gasteiger partial charge in [-0.25, -0.2) is 0 Å². The van der Waals surface area contributed by atoms with Crippen molar-refractivity contribution < 1.29 is 5.11 Å². The quantitative estimate of drug-likeness (QED) is 0.698. The molecule has 0 aromatic heterocycles. The molecule has 1 nitrogen and oxygen atoms in total. The van der Waals surface area contributed by atoms with E-state index in [1.54, 1.807) is 0 Å². The average Bonchev–Trinajstić information content (AvgIpc) is 2.17. The van der Waals surface area contributed by atoms with Crippen LogP contribution in [-0.4, -0.2) is 11.2 Å². The Balaban J connectivity index is 2.46. The van der Waals surface area contributed by atoms with Crippen molar-refractivity contribution in [2.75, 3.05) is 0 Å². The first-order valence-corrected chi connectivity index (χ1v) is 5.81. The molecule has 0 aromatic rings. The number of allylic oxidation sites excluding steroid dienone is 4. The van der Waals surface area contributed by atoms with Crippen molar-refractivity contribution in [3.8, 4) is 0 Å². The highest BCUT2D eigenvalue weighted by Gasteiger charge is 2.12. The smallest absolute Gasteiger partial charge is 0.0935 e. The first-order chi connectivity index (χ1) is 7.09. The predicted octanol–water partition coefficient (Wildman–Crippen LogP) is 3.47. The van der Waals surface area contributed by atoms with Crippen LogP contribution in [0.5, 0.6) is 0 Å². The summed E-state index contributed by atoms with van der Waals surface area (Å²) in [5.41, 5.74) is 1.13. The van der Waals surface area contributed by atoms with E-state index in [1.807, 2.05) is 18.2 Å². The molecule has 0 amide bonds. The molecular weight excluding hydrogens is 184 g/mol. The predicted molar refractivity (Wildman–Crippen MR) is 65.6 cm³/mol. The molecule has 1 rings (SSSR count). The molecule has 2 unspecified atom stereocenters. The van der Waals surface area contributed by atoms with Crippen LogP contribution in [0.25, 0.3) is 0 Å². The van der Waals surface area contributed by atoms with Crippen LogP contribution < -0.4 is 0 Å². The third kappa shape index (κ3) is 4.48. The molecule has 0 heterocycles. The van der Waals surface area contributed by atoms with Gasteiger partial charge >= 0.3 is 0 Å². The van der Waals surface area contributed by atoms with E-state index in [0.717, 1.165) is 18.4 Å². The molecule has 1 aliphatic carbocycles. The van der Waals surface area contributed by atoms with Gasteiger partial charge in [0.1, 0.15) is 0 Å². The monoisotopic (exact) mass is 206 g/mol. The molecule has 0 radical (unpaired) electrons. The molecule has 2 atom stereocenters. The lowest BCUT2D eigenvalue weighted by Crippen LogP contribution is -2.11. The van der Waals surface area contributed by atoms with Crippen molar-refractivity contribution in [2.45, 2.75) is 39.7 Å². The minimum absolute atomic E-state index is 0.392. The fraction of sp³-hybridized carbons (Fsp3) is 0.571. The van der Waals surface area contributed by atoms with E-state index < -0.39 is 6.10 Å². The standard InChI is InChI=1S/C14H22O/c1-11(2)6-4-9-14(15)13-8-5-7-12(3)10-13/h4-5,7-9,11-12,14-15H,6,10H2,1-3H3/b9-4+. The second kappa shape index (κ2) is 5.92. The van der Waals surface area contributed by atoms with Crippen LogP contribution in [0.15, 0.2) is 36.0 Å². The first kappa shape index (κ1) is 12.3. The van der Waals surface area contributed by atoms with Crippen LogP contribution in [0.1, 0.15) is 33.6 Å². The summed E-state index contributed by atoms with van der Waals surface area (Å²) in [4.78, 5) is 0. The number of aliphatic hydroxyl groups excluding tert-OH is 1. The van der Waals surface area contributed by atoms with E-state index in [9.17, 15) is 5.11 Å². The van der Waals surface area contributed by atoms with Crippen molar-refractivity contribution in [1.29, 1.82) is 0 Å². The molecule has 84 valence electrons. The van der Waals surface area contributed by atoms with Gasteiger partial charge in [0.15, 0.2) is 0 Å². The normalized spacial score (nSPS) is 23.5. The second-order valence-electron chi connectivity index (χ2n) is 4.81. The van der Waals surface area contributed by atoms with Crippen molar-refractivity contribution >= 4 is 0 Å². The molecule has 0 saturated heterocycles. The molecule has 15 heavy (non-hydrogen) atoms. The fourth-order valence-corrected chi connectivity index (χ4v) is 1.70. The van der Waals surface area contributed by atoms with Crippen LogP contribution in [-0.2, 0) is 0 Å². The average molecular weight is 206 g/mol. The zero-order valence-electron chi connectivity index (χ0n) is 9.98. The number of aliphatic hydroxyl groups is 1. The highest BCUT2D eigenvalue weighted by molar-refractivity contribution is 5.25. The fourth-order valence-electron chi connectivity index (χ4n) is 1.70. The van der Waals surface area contributed by atoms with Gasteiger partial charge in [-0.15, -0.1) is 0 Å². The largest absolute Gasteiger partial charge is 0.385 e. The first-order valence-electron chi connectivity index (χ1n) is 5.81. The maximum Gasteiger partial charge on any atom is 0.0935 e. The zero-order valence-corrected chi connectivity index (χ0v) is 9.98. The van der Waals surface area contributed by atoms with Gasteiger partial charge in [-0.3, -0.25) is 0 Å². The lowest BCUT2D eigenvalue weighted by atomic mass is 9.92. The van der Waals surface area contributed by atoms with E-state index in [0.29, 0.717) is 11.8 Å². The Morgan fingerprint density at radius 3 is 2.87 bits per heavy atom. The highest BCUT2D eigenvalue weighted by atomic mass is 16.3. The molecule has 0 saturated carbocycles. The van der Waals surface area contributed by atoms with Crippen LogP contribution in [0, 0.1) is 11.8 Å². The summed E-state index contributed by atoms with van der Waals surface area (Å²) in [5.74, 6) is 1.21. The SMILES string of the molecule is CC(C)C/C=C/C(O)C1=CC=CC(C)C1. The third-order valence-electron chi connectivity index (χ3n) is 2.61. The summed E-state index contributed by atoms with van der Waals surface area (Å²) in [6.45, 7) is 6.54. The van der Waals surface area contributed by atoms with Gasteiger partial charge in [-0.1, -0.05) is 51.2 Å². The number of hydrogen-bond donors (Lipinski definition) is 1. The zero-order chi connectivity index (χ0) is 11.3. The molecule has 1 aliphatic rings. The second-order valence-corrected chi connectivity index (χ2v) is 4.81. The molecule has 0 spiro atoms. The van der Waals surface area contributed by atoms with Gasteiger partial charge < -0.3 is 5.11 Å². The van der Waals surface area contributed by atoms with Crippen LogP contribution >= 0.6 is 0 Å². The molecule has 1 N–H and O–H groups in total.